The molecule has 1 saturated heterocycles. The summed E-state index contributed by atoms with van der Waals surface area (Å²) in [4.78, 5) is 0. The summed E-state index contributed by atoms with van der Waals surface area (Å²) in [7, 11) is 0.0851. The molecule has 2 atom stereocenters. The fourth-order valence-electron chi connectivity index (χ4n) is 3.72. The molecule has 0 N–H and O–H groups in total. The molecule has 0 spiro atoms. The lowest BCUT2D eigenvalue weighted by Gasteiger charge is -2.23. The molecule has 2 heteroatoms. The van der Waals surface area contributed by atoms with Crippen molar-refractivity contribution in [2.75, 3.05) is 12.3 Å². The molecule has 0 unspecified atom stereocenters. The molecule has 0 aromatic heterocycles. The second-order valence-electron chi connectivity index (χ2n) is 6.69. The lowest BCUT2D eigenvalue weighted by atomic mass is 10.2. The van der Waals surface area contributed by atoms with Crippen molar-refractivity contribution in [2.24, 2.45) is 0 Å². The Bertz CT molecular complexity index is 532. The van der Waals surface area contributed by atoms with Crippen LogP contribution in [0.1, 0.15) is 33.1 Å². The maximum Gasteiger partial charge on any atom is -0.0195 e. The van der Waals surface area contributed by atoms with Crippen molar-refractivity contribution in [3.05, 3.63) is 60.7 Å². The number of benzene rings is 2. The van der Waals surface area contributed by atoms with E-state index >= 15 is 0 Å². The lowest BCUT2D eigenvalue weighted by Crippen LogP contribution is -2.14. The summed E-state index contributed by atoms with van der Waals surface area (Å²) >= 11 is 0. The van der Waals surface area contributed by atoms with Crippen LogP contribution in [-0.2, 0) is 0 Å². The van der Waals surface area contributed by atoms with Crippen LogP contribution in [0.4, 0.5) is 0 Å². The third kappa shape index (κ3) is 4.43. The first-order valence-corrected chi connectivity index (χ1v) is 12.1. The van der Waals surface area contributed by atoms with Crippen LogP contribution in [0, 0.1) is 0 Å². The molecule has 0 saturated carbocycles. The third-order valence-corrected chi connectivity index (χ3v) is 11.3. The average Bonchev–Trinajstić information content (AvgIpc) is 2.92. The minimum absolute atomic E-state index is 0.189. The molecule has 1 fully saturated rings. The zero-order chi connectivity index (χ0) is 16.1. The molecular weight excluding hydrogens is 314 g/mol. The van der Waals surface area contributed by atoms with Crippen LogP contribution in [0.15, 0.2) is 60.7 Å². The molecule has 2 aromatic carbocycles. The van der Waals surface area contributed by atoms with Crippen LogP contribution in [0.2, 0.25) is 0 Å². The van der Waals surface area contributed by atoms with Gasteiger partial charge in [-0.3, -0.25) is 0 Å². The van der Waals surface area contributed by atoms with Crippen molar-refractivity contribution >= 4 is 26.5 Å². The number of rotatable bonds is 6. The zero-order valence-corrected chi connectivity index (χ0v) is 16.1. The summed E-state index contributed by atoms with van der Waals surface area (Å²) in [5.41, 5.74) is 2.00. The summed E-state index contributed by atoms with van der Waals surface area (Å²) < 4.78 is 0. The quantitative estimate of drug-likeness (QED) is 0.603. The molecule has 1 aliphatic rings. The topological polar surface area (TPSA) is 0 Å². The van der Waals surface area contributed by atoms with Gasteiger partial charge >= 0.3 is 0 Å². The van der Waals surface area contributed by atoms with Gasteiger partial charge in [-0.25, -0.2) is 0 Å². The molecule has 23 heavy (non-hydrogen) atoms. The Balaban J connectivity index is 1.67. The van der Waals surface area contributed by atoms with Gasteiger partial charge in [0.15, 0.2) is 0 Å². The van der Waals surface area contributed by atoms with Gasteiger partial charge in [0, 0.05) is 0 Å². The maximum atomic E-state index is 2.49. The molecule has 1 heterocycles. The largest absolute Gasteiger partial charge is 0.101 e. The highest BCUT2D eigenvalue weighted by molar-refractivity contribution is 7.73. The first-order chi connectivity index (χ1) is 11.3. The van der Waals surface area contributed by atoms with Crippen LogP contribution in [-0.4, -0.2) is 23.6 Å². The van der Waals surface area contributed by atoms with Gasteiger partial charge in [-0.1, -0.05) is 74.5 Å². The Kier molecular flexibility index (Phi) is 6.27. The number of hydrogen-bond acceptors (Lipinski definition) is 0. The predicted molar refractivity (Wildman–Crippen MR) is 109 cm³/mol. The van der Waals surface area contributed by atoms with Crippen LogP contribution >= 0.6 is 15.8 Å². The second-order valence-corrected chi connectivity index (χ2v) is 12.3. The fraction of sp³-hybridized carbons (Fsp3) is 0.429. The molecule has 122 valence electrons. The summed E-state index contributed by atoms with van der Waals surface area (Å²) in [6.07, 6.45) is 7.17. The Morgan fingerprint density at radius 3 is 1.78 bits per heavy atom. The average molecular weight is 342 g/mol. The van der Waals surface area contributed by atoms with E-state index in [-0.39, 0.29) is 15.8 Å². The van der Waals surface area contributed by atoms with Gasteiger partial charge in [0.2, 0.25) is 0 Å². The standard InChI is InChI=1S/C21H28P2/c1-18-14-15-19(2)22(18)16-9-17-23(20-10-5-3-6-11-20)21-12-7-4-8-13-21/h3-8,10-13,18-19H,9,14-17H2,1-2H3/t18-,19-/m1/s1. The van der Waals surface area contributed by atoms with Crippen LogP contribution in [0.3, 0.4) is 0 Å². The monoisotopic (exact) mass is 342 g/mol. The third-order valence-electron chi connectivity index (χ3n) is 5.07. The number of hydrogen-bond donors (Lipinski definition) is 0. The van der Waals surface area contributed by atoms with Gasteiger partial charge in [0.1, 0.15) is 0 Å². The maximum absolute atomic E-state index is 2.49. The zero-order valence-electron chi connectivity index (χ0n) is 14.4. The van der Waals surface area contributed by atoms with Gasteiger partial charge < -0.3 is 0 Å². The van der Waals surface area contributed by atoms with Gasteiger partial charge in [-0.05, 0) is 61.4 Å². The van der Waals surface area contributed by atoms with E-state index in [1.54, 1.807) is 0 Å². The molecule has 2 aromatic rings. The predicted octanol–water partition coefficient (Wildman–Crippen LogP) is 5.56. The van der Waals surface area contributed by atoms with Gasteiger partial charge in [-0.15, -0.1) is 7.92 Å². The van der Waals surface area contributed by atoms with Crippen molar-refractivity contribution in [3.63, 3.8) is 0 Å². The highest BCUT2D eigenvalue weighted by Crippen LogP contribution is 2.56. The van der Waals surface area contributed by atoms with Crippen LogP contribution < -0.4 is 10.6 Å². The first kappa shape index (κ1) is 17.1. The van der Waals surface area contributed by atoms with Crippen LogP contribution in [0.25, 0.3) is 0 Å². The van der Waals surface area contributed by atoms with E-state index in [4.69, 9.17) is 0 Å². The van der Waals surface area contributed by atoms with E-state index in [2.05, 4.69) is 74.5 Å². The van der Waals surface area contributed by atoms with Crippen molar-refractivity contribution in [1.82, 2.24) is 0 Å². The van der Waals surface area contributed by atoms with E-state index in [9.17, 15) is 0 Å². The Hall–Kier alpha value is -0.700. The molecule has 0 bridgehead atoms. The smallest absolute Gasteiger partial charge is 0.0195 e. The van der Waals surface area contributed by atoms with Crippen molar-refractivity contribution in [2.45, 2.75) is 44.4 Å². The van der Waals surface area contributed by atoms with E-state index in [0.29, 0.717) is 0 Å². The minimum Gasteiger partial charge on any atom is -0.101 e. The molecule has 0 nitrogen and oxygen atoms in total. The Labute approximate surface area is 144 Å². The summed E-state index contributed by atoms with van der Waals surface area (Å²) in [5.74, 6) is 0. The minimum atomic E-state index is -0.189. The van der Waals surface area contributed by atoms with E-state index in [1.165, 1.54) is 42.2 Å². The SMILES string of the molecule is C[C@@H]1CC[C@@H](C)P1CCCP(c1ccccc1)c1ccccc1. The first-order valence-electron chi connectivity index (χ1n) is 8.89. The van der Waals surface area contributed by atoms with Crippen molar-refractivity contribution in [3.8, 4) is 0 Å². The molecular formula is C21H28P2. The Morgan fingerprint density at radius 1 is 0.826 bits per heavy atom. The van der Waals surface area contributed by atoms with Crippen molar-refractivity contribution < 1.29 is 0 Å². The molecule has 0 radical (unpaired) electrons. The molecule has 0 aliphatic carbocycles. The van der Waals surface area contributed by atoms with E-state index in [0.717, 1.165) is 11.3 Å². The highest BCUT2D eigenvalue weighted by Gasteiger charge is 2.29. The summed E-state index contributed by atoms with van der Waals surface area (Å²) in [6.45, 7) is 4.98. The van der Waals surface area contributed by atoms with E-state index < -0.39 is 0 Å². The van der Waals surface area contributed by atoms with E-state index in [1.807, 2.05) is 0 Å². The van der Waals surface area contributed by atoms with Gasteiger partial charge in [-0.2, -0.15) is 0 Å². The second kappa shape index (κ2) is 8.41. The van der Waals surface area contributed by atoms with Gasteiger partial charge in [0.05, 0.1) is 0 Å². The highest BCUT2D eigenvalue weighted by atomic mass is 31.1. The molecule has 3 rings (SSSR count). The van der Waals surface area contributed by atoms with Crippen molar-refractivity contribution in [1.29, 1.82) is 0 Å². The molecule has 0 amide bonds. The molecule has 1 aliphatic heterocycles. The summed E-state index contributed by atoms with van der Waals surface area (Å²) in [6, 6.07) is 22.3. The summed E-state index contributed by atoms with van der Waals surface area (Å²) in [5, 5.41) is 3.07. The fourth-order valence-corrected chi connectivity index (χ4v) is 9.56. The Morgan fingerprint density at radius 2 is 1.30 bits per heavy atom. The van der Waals surface area contributed by atoms with Crippen LogP contribution in [0.5, 0.6) is 0 Å². The van der Waals surface area contributed by atoms with Gasteiger partial charge in [0.25, 0.3) is 0 Å². The lowest BCUT2D eigenvalue weighted by molar-refractivity contribution is 0.777. The normalized spacial score (nSPS) is 21.9.